The van der Waals surface area contributed by atoms with Gasteiger partial charge in [0.15, 0.2) is 5.65 Å². The minimum Gasteiger partial charge on any atom is -0.334 e. The molecule has 0 radical (unpaired) electrons. The highest BCUT2D eigenvalue weighted by Crippen LogP contribution is 2.41. The van der Waals surface area contributed by atoms with Gasteiger partial charge in [-0.1, -0.05) is 53.5 Å². The predicted molar refractivity (Wildman–Crippen MR) is 138 cm³/mol. The van der Waals surface area contributed by atoms with Crippen molar-refractivity contribution in [2.45, 2.75) is 6.04 Å². The molecule has 0 bridgehead atoms. The summed E-state index contributed by atoms with van der Waals surface area (Å²) < 4.78 is 3.70. The molecule has 0 aliphatic carbocycles. The van der Waals surface area contributed by atoms with Crippen molar-refractivity contribution in [3.05, 3.63) is 100 Å². The van der Waals surface area contributed by atoms with Crippen LogP contribution in [0.25, 0.3) is 38.9 Å². The Kier molecular flexibility index (Phi) is 5.25. The number of tetrazole rings is 1. The maximum Gasteiger partial charge on any atom is 0.189 e. The molecule has 0 aliphatic rings. The van der Waals surface area contributed by atoms with E-state index in [0.29, 0.717) is 15.7 Å². The van der Waals surface area contributed by atoms with Crippen LogP contribution >= 0.6 is 23.2 Å². The summed E-state index contributed by atoms with van der Waals surface area (Å²) in [6, 6.07) is 21.1. The smallest absolute Gasteiger partial charge is 0.189 e. The topological polar surface area (TPSA) is 86.9 Å². The van der Waals surface area contributed by atoms with Gasteiger partial charge < -0.3 is 10.3 Å². The summed E-state index contributed by atoms with van der Waals surface area (Å²) in [6.45, 7) is 0. The molecule has 1 atom stereocenters. The molecule has 0 saturated heterocycles. The summed E-state index contributed by atoms with van der Waals surface area (Å²) >= 11 is 12.5. The average Bonchev–Trinajstić information content (AvgIpc) is 3.52. The summed E-state index contributed by atoms with van der Waals surface area (Å²) in [5.41, 5.74) is 13.7. The largest absolute Gasteiger partial charge is 0.334 e. The number of fused-ring (bicyclic) bond motifs is 3. The van der Waals surface area contributed by atoms with Crippen molar-refractivity contribution >= 4 is 39.8 Å². The second-order valence-electron chi connectivity index (χ2n) is 8.37. The van der Waals surface area contributed by atoms with E-state index in [4.69, 9.17) is 28.9 Å². The fraction of sp³-hybridized carbons (Fsp3) is 0.0769. The zero-order valence-corrected chi connectivity index (χ0v) is 20.1. The Labute approximate surface area is 210 Å². The number of rotatable bonds is 4. The maximum absolute atomic E-state index is 6.69. The number of hydrogen-bond acceptors (Lipinski definition) is 5. The van der Waals surface area contributed by atoms with Crippen molar-refractivity contribution in [3.63, 3.8) is 0 Å². The monoisotopic (exact) mass is 499 g/mol. The number of hydrogen-bond donors (Lipinski definition) is 1. The van der Waals surface area contributed by atoms with Crippen LogP contribution in [0.4, 0.5) is 0 Å². The van der Waals surface area contributed by atoms with Gasteiger partial charge in [-0.15, -0.1) is 5.10 Å². The Morgan fingerprint density at radius 1 is 0.886 bits per heavy atom. The van der Waals surface area contributed by atoms with Gasteiger partial charge in [0.25, 0.3) is 0 Å². The summed E-state index contributed by atoms with van der Waals surface area (Å²) in [7, 11) is 1.95. The summed E-state index contributed by atoms with van der Waals surface area (Å²) in [5.74, 6) is 0. The van der Waals surface area contributed by atoms with Gasteiger partial charge in [0, 0.05) is 28.0 Å². The standard InChI is InChI=1S/C26H19Cl2N7/c1-34-14-30-13-22(34)24-23(16-3-2-4-19(28)11-16)20-12-17(25(29)15-5-8-18(27)9-6-15)7-10-21(20)35-26(24)31-32-33-35/h2-14,25H,29H2,1H3. The van der Waals surface area contributed by atoms with Crippen LogP contribution < -0.4 is 5.73 Å². The first-order valence-corrected chi connectivity index (χ1v) is 11.7. The molecule has 2 N–H and O–H groups in total. The first-order chi connectivity index (χ1) is 17.0. The highest BCUT2D eigenvalue weighted by molar-refractivity contribution is 6.31. The van der Waals surface area contributed by atoms with Crippen molar-refractivity contribution in [2.24, 2.45) is 12.8 Å². The van der Waals surface area contributed by atoms with E-state index >= 15 is 0 Å². The van der Waals surface area contributed by atoms with E-state index in [0.717, 1.165) is 44.4 Å². The molecule has 6 aromatic rings. The zero-order valence-electron chi connectivity index (χ0n) is 18.6. The minimum atomic E-state index is -0.339. The lowest BCUT2D eigenvalue weighted by Crippen LogP contribution is -2.12. The number of benzene rings is 3. The molecule has 7 nitrogen and oxygen atoms in total. The van der Waals surface area contributed by atoms with Gasteiger partial charge >= 0.3 is 0 Å². The van der Waals surface area contributed by atoms with Crippen molar-refractivity contribution < 1.29 is 0 Å². The van der Waals surface area contributed by atoms with E-state index in [2.05, 4.69) is 26.6 Å². The lowest BCUT2D eigenvalue weighted by atomic mass is 9.91. The molecule has 172 valence electrons. The molecule has 0 amide bonds. The summed E-state index contributed by atoms with van der Waals surface area (Å²) in [6.07, 6.45) is 3.57. The van der Waals surface area contributed by atoms with Gasteiger partial charge in [0.1, 0.15) is 0 Å². The van der Waals surface area contributed by atoms with Gasteiger partial charge in [0.05, 0.1) is 35.3 Å². The normalized spacial score (nSPS) is 12.5. The van der Waals surface area contributed by atoms with Crippen LogP contribution in [0.15, 0.2) is 79.3 Å². The number of aryl methyl sites for hydroxylation is 1. The van der Waals surface area contributed by atoms with Crippen LogP contribution in [-0.2, 0) is 7.05 Å². The van der Waals surface area contributed by atoms with Gasteiger partial charge in [-0.25, -0.2) is 4.98 Å². The molecule has 3 aromatic heterocycles. The molecular weight excluding hydrogens is 481 g/mol. The highest BCUT2D eigenvalue weighted by Gasteiger charge is 2.23. The third-order valence-electron chi connectivity index (χ3n) is 6.24. The number of imidazole rings is 1. The Morgan fingerprint density at radius 2 is 1.69 bits per heavy atom. The summed E-state index contributed by atoms with van der Waals surface area (Å²) in [5, 5.41) is 14.9. The van der Waals surface area contributed by atoms with Crippen LogP contribution in [-0.4, -0.2) is 29.6 Å². The van der Waals surface area contributed by atoms with E-state index in [1.165, 1.54) is 0 Å². The van der Waals surface area contributed by atoms with Gasteiger partial charge in [-0.05, 0) is 63.5 Å². The molecule has 3 heterocycles. The van der Waals surface area contributed by atoms with Crippen LogP contribution in [0, 0.1) is 0 Å². The molecule has 6 rings (SSSR count). The van der Waals surface area contributed by atoms with Crippen molar-refractivity contribution in [1.29, 1.82) is 0 Å². The van der Waals surface area contributed by atoms with E-state index < -0.39 is 0 Å². The quantitative estimate of drug-likeness (QED) is 0.336. The fourth-order valence-electron chi connectivity index (χ4n) is 4.53. The molecule has 0 aliphatic heterocycles. The molecule has 0 spiro atoms. The van der Waals surface area contributed by atoms with E-state index in [1.54, 1.807) is 10.8 Å². The Balaban J connectivity index is 1.71. The third-order valence-corrected chi connectivity index (χ3v) is 6.72. The molecular formula is C26H19Cl2N7. The molecule has 0 saturated carbocycles. The molecule has 1 unspecified atom stereocenters. The summed E-state index contributed by atoms with van der Waals surface area (Å²) in [4.78, 5) is 4.34. The third kappa shape index (κ3) is 3.65. The van der Waals surface area contributed by atoms with Gasteiger partial charge in [0.2, 0.25) is 0 Å². The van der Waals surface area contributed by atoms with Crippen molar-refractivity contribution in [2.75, 3.05) is 0 Å². The van der Waals surface area contributed by atoms with E-state index in [9.17, 15) is 0 Å². The first kappa shape index (κ1) is 21.7. The molecule has 35 heavy (non-hydrogen) atoms. The van der Waals surface area contributed by atoms with Crippen LogP contribution in [0.1, 0.15) is 17.2 Å². The number of aromatic nitrogens is 6. The molecule has 9 heteroatoms. The van der Waals surface area contributed by atoms with Gasteiger partial charge in [-0.3, -0.25) is 0 Å². The fourth-order valence-corrected chi connectivity index (χ4v) is 4.85. The Hall–Kier alpha value is -3.78. The molecule has 0 fully saturated rings. The maximum atomic E-state index is 6.69. The molecule has 3 aromatic carbocycles. The Morgan fingerprint density at radius 3 is 2.43 bits per heavy atom. The average molecular weight is 500 g/mol. The second-order valence-corrected chi connectivity index (χ2v) is 9.24. The van der Waals surface area contributed by atoms with E-state index in [-0.39, 0.29) is 6.04 Å². The Bertz CT molecular complexity index is 1700. The lowest BCUT2D eigenvalue weighted by molar-refractivity contribution is 0.840. The van der Waals surface area contributed by atoms with Crippen molar-refractivity contribution in [3.8, 4) is 22.4 Å². The van der Waals surface area contributed by atoms with Crippen molar-refractivity contribution in [1.82, 2.24) is 29.6 Å². The number of halogens is 2. The van der Waals surface area contributed by atoms with Crippen LogP contribution in [0.5, 0.6) is 0 Å². The van der Waals surface area contributed by atoms with Crippen LogP contribution in [0.3, 0.4) is 0 Å². The number of pyridine rings is 1. The zero-order chi connectivity index (χ0) is 24.1. The van der Waals surface area contributed by atoms with E-state index in [1.807, 2.05) is 78.5 Å². The second kappa shape index (κ2) is 8.46. The highest BCUT2D eigenvalue weighted by atomic mass is 35.5. The van der Waals surface area contributed by atoms with Gasteiger partial charge in [-0.2, -0.15) is 4.52 Å². The number of nitrogens with two attached hydrogens (primary N) is 1. The first-order valence-electron chi connectivity index (χ1n) is 10.9. The number of nitrogens with zero attached hydrogens (tertiary/aromatic N) is 6. The lowest BCUT2D eigenvalue weighted by Gasteiger charge is -2.18. The minimum absolute atomic E-state index is 0.339. The van der Waals surface area contributed by atoms with Crippen LogP contribution in [0.2, 0.25) is 10.0 Å². The SMILES string of the molecule is Cn1cncc1-c1c(-c2cccc(Cl)c2)c2cc(C(N)c3ccc(Cl)cc3)ccc2n2nnnc12. The predicted octanol–water partition coefficient (Wildman–Crippen LogP) is 5.70.